The van der Waals surface area contributed by atoms with Gasteiger partial charge in [0.15, 0.2) is 17.3 Å². The first-order valence-electron chi connectivity index (χ1n) is 7.22. The van der Waals surface area contributed by atoms with Crippen molar-refractivity contribution in [1.29, 1.82) is 0 Å². The molecule has 1 rings (SSSR count). The molecule has 0 saturated carbocycles. The Balaban J connectivity index is -0.0000000899. The van der Waals surface area contributed by atoms with Gasteiger partial charge in [-0.2, -0.15) is 0 Å². The highest BCUT2D eigenvalue weighted by atomic mass is 16.2. The van der Waals surface area contributed by atoms with E-state index in [0.29, 0.717) is 5.69 Å². The van der Waals surface area contributed by atoms with Gasteiger partial charge in [-0.1, -0.05) is 22.3 Å². The summed E-state index contributed by atoms with van der Waals surface area (Å²) >= 11 is 0. The van der Waals surface area contributed by atoms with Gasteiger partial charge in [0, 0.05) is 27.3 Å². The molecule has 0 bridgehead atoms. The van der Waals surface area contributed by atoms with Gasteiger partial charge >= 0.3 is 0 Å². The molecule has 0 aromatic carbocycles. The van der Waals surface area contributed by atoms with Gasteiger partial charge in [-0.05, 0) is 20.8 Å². The monoisotopic (exact) mass is 386 g/mol. The highest BCUT2D eigenvalue weighted by Gasteiger charge is 2.03. The summed E-state index contributed by atoms with van der Waals surface area (Å²) in [5.41, 5.74) is 12.3. The molecule has 158 valence electrons. The summed E-state index contributed by atoms with van der Waals surface area (Å²) < 4.78 is 0. The van der Waals surface area contributed by atoms with Crippen molar-refractivity contribution in [3.05, 3.63) is 23.3 Å². The van der Waals surface area contributed by atoms with Crippen LogP contribution in [0.4, 0.5) is 0 Å². The Kier molecular flexibility index (Phi) is 24.4. The van der Waals surface area contributed by atoms with E-state index in [4.69, 9.17) is 11.5 Å². The molecule has 0 fully saturated rings. The third-order valence-corrected chi connectivity index (χ3v) is 2.82. The summed E-state index contributed by atoms with van der Waals surface area (Å²) in [5, 5.41) is 0. The molecule has 0 radical (unpaired) electrons. The number of hydrogen-bond acceptors (Lipinski definition) is 8. The van der Waals surface area contributed by atoms with E-state index in [1.807, 2.05) is 13.8 Å². The quantitative estimate of drug-likeness (QED) is 0.591. The molecule has 1 atom stereocenters. The van der Waals surface area contributed by atoms with Gasteiger partial charge < -0.3 is 11.5 Å². The minimum Gasteiger partial charge on any atom is -0.328 e. The van der Waals surface area contributed by atoms with Gasteiger partial charge in [-0.25, -0.2) is 4.98 Å². The number of carbonyl (C=O) groups excluding carboxylic acids is 4. The van der Waals surface area contributed by atoms with Crippen LogP contribution in [0.25, 0.3) is 0 Å². The fourth-order valence-corrected chi connectivity index (χ4v) is 0.877. The molecular weight excluding hydrogens is 348 g/mol. The SMILES string of the molecule is C.C.C.CC(=O)C(C)=O.CC(=O)C(N)CN.CC(=O)c1cnc(C)c(C)n1. The second-order valence-electron chi connectivity index (χ2n) is 5.05. The fraction of sp³-hybridized carbons (Fsp3) is 0.579. The lowest BCUT2D eigenvalue weighted by molar-refractivity contribution is -0.134. The van der Waals surface area contributed by atoms with E-state index >= 15 is 0 Å². The van der Waals surface area contributed by atoms with Gasteiger partial charge in [0.2, 0.25) is 0 Å². The second-order valence-corrected chi connectivity index (χ2v) is 5.05. The third-order valence-electron chi connectivity index (χ3n) is 2.82. The minimum absolute atomic E-state index is 0. The van der Waals surface area contributed by atoms with E-state index in [0.717, 1.165) is 11.4 Å². The van der Waals surface area contributed by atoms with Gasteiger partial charge in [0.25, 0.3) is 0 Å². The maximum absolute atomic E-state index is 10.8. The normalized spacial score (nSPS) is 9.19. The number of ketones is 4. The molecule has 8 nitrogen and oxygen atoms in total. The van der Waals surface area contributed by atoms with Crippen LogP contribution in [0.2, 0.25) is 0 Å². The van der Waals surface area contributed by atoms with Crippen LogP contribution in [-0.4, -0.2) is 45.7 Å². The summed E-state index contributed by atoms with van der Waals surface area (Å²) in [7, 11) is 0. The van der Waals surface area contributed by atoms with Gasteiger partial charge in [-0.3, -0.25) is 24.2 Å². The molecule has 1 unspecified atom stereocenters. The Bertz CT molecular complexity index is 589. The highest BCUT2D eigenvalue weighted by molar-refractivity contribution is 6.35. The van der Waals surface area contributed by atoms with E-state index in [2.05, 4.69) is 9.97 Å². The number of nitrogens with two attached hydrogens (primary N) is 2. The van der Waals surface area contributed by atoms with Gasteiger partial charge in [-0.15, -0.1) is 0 Å². The Morgan fingerprint density at radius 1 is 0.926 bits per heavy atom. The molecule has 0 aliphatic heterocycles. The molecule has 0 aliphatic carbocycles. The maximum Gasteiger partial charge on any atom is 0.195 e. The Hall–Kier alpha value is -2.32. The number of aromatic nitrogens is 2. The van der Waals surface area contributed by atoms with E-state index in [1.54, 1.807) is 0 Å². The van der Waals surface area contributed by atoms with Crippen LogP contribution in [0, 0.1) is 13.8 Å². The smallest absolute Gasteiger partial charge is 0.195 e. The zero-order valence-corrected chi connectivity index (χ0v) is 15.0. The summed E-state index contributed by atoms with van der Waals surface area (Å²) in [6, 6.07) is -0.458. The number of carbonyl (C=O) groups is 4. The summed E-state index contributed by atoms with van der Waals surface area (Å²) in [6.45, 7) is 9.37. The van der Waals surface area contributed by atoms with Crippen LogP contribution in [0.1, 0.15) is 71.9 Å². The average molecular weight is 387 g/mol. The fourth-order valence-electron chi connectivity index (χ4n) is 0.877. The molecule has 1 aromatic heterocycles. The summed E-state index contributed by atoms with van der Waals surface area (Å²) in [4.78, 5) is 48.6. The molecule has 0 spiro atoms. The van der Waals surface area contributed by atoms with Crippen molar-refractivity contribution in [2.24, 2.45) is 11.5 Å². The number of Topliss-reactive ketones (excluding diaryl/α,β-unsaturated/α-hetero) is 4. The molecule has 27 heavy (non-hydrogen) atoms. The summed E-state index contributed by atoms with van der Waals surface area (Å²) in [6.07, 6.45) is 1.50. The first-order chi connectivity index (χ1) is 10.9. The van der Waals surface area contributed by atoms with E-state index in [1.165, 1.54) is 33.9 Å². The van der Waals surface area contributed by atoms with Crippen molar-refractivity contribution in [2.75, 3.05) is 6.54 Å². The standard InChI is InChI=1S/C8H10N2O.C4H10N2O.C4H6O2.3CH4/c1-5-6(2)10-8(4-9-5)7(3)11;1-3(7)4(6)2-5;1-3(5)4(2)6;;;/h4H,1-3H3;4H,2,5-6H2,1H3;1-2H3;3*1H4. The average Bonchev–Trinajstić information content (AvgIpc) is 2.49. The maximum atomic E-state index is 10.8. The van der Waals surface area contributed by atoms with E-state index < -0.39 is 6.04 Å². The molecule has 0 saturated heterocycles. The lowest BCUT2D eigenvalue weighted by atomic mass is 10.2. The lowest BCUT2D eigenvalue weighted by Gasteiger charge is -1.99. The van der Waals surface area contributed by atoms with Crippen LogP contribution in [0.15, 0.2) is 6.20 Å². The molecule has 1 aromatic rings. The molecule has 0 amide bonds. The first-order valence-corrected chi connectivity index (χ1v) is 7.22. The summed E-state index contributed by atoms with van der Waals surface area (Å²) in [5.74, 6) is -0.854. The van der Waals surface area contributed by atoms with Gasteiger partial charge in [0.05, 0.1) is 23.6 Å². The first kappa shape index (κ1) is 35.7. The Labute approximate surface area is 164 Å². The largest absolute Gasteiger partial charge is 0.328 e. The third kappa shape index (κ3) is 18.3. The van der Waals surface area contributed by atoms with Crippen LogP contribution in [-0.2, 0) is 14.4 Å². The topological polar surface area (TPSA) is 146 Å². The Morgan fingerprint density at radius 2 is 1.33 bits per heavy atom. The van der Waals surface area contributed by atoms with E-state index in [-0.39, 0.29) is 52.0 Å². The molecule has 4 N–H and O–H groups in total. The number of rotatable bonds is 4. The Morgan fingerprint density at radius 3 is 1.52 bits per heavy atom. The number of nitrogens with zero attached hydrogens (tertiary/aromatic N) is 2. The number of hydrogen-bond donors (Lipinski definition) is 2. The van der Waals surface area contributed by atoms with Crippen LogP contribution in [0.5, 0.6) is 0 Å². The van der Waals surface area contributed by atoms with Crippen molar-refractivity contribution in [1.82, 2.24) is 9.97 Å². The molecule has 1 heterocycles. The predicted octanol–water partition coefficient (Wildman–Crippen LogP) is 2.23. The van der Waals surface area contributed by atoms with Crippen molar-refractivity contribution >= 4 is 23.1 Å². The van der Waals surface area contributed by atoms with Crippen molar-refractivity contribution in [3.8, 4) is 0 Å². The second kappa shape index (κ2) is 18.5. The minimum atomic E-state index is -0.458. The lowest BCUT2D eigenvalue weighted by Crippen LogP contribution is -2.35. The van der Waals surface area contributed by atoms with Crippen molar-refractivity contribution in [3.63, 3.8) is 0 Å². The number of aryl methyl sites for hydroxylation is 2. The van der Waals surface area contributed by atoms with Crippen LogP contribution in [0.3, 0.4) is 0 Å². The van der Waals surface area contributed by atoms with Crippen molar-refractivity contribution < 1.29 is 19.2 Å². The van der Waals surface area contributed by atoms with Crippen LogP contribution >= 0.6 is 0 Å². The predicted molar refractivity (Wildman–Crippen MR) is 111 cm³/mol. The highest BCUT2D eigenvalue weighted by Crippen LogP contribution is 2.00. The zero-order valence-electron chi connectivity index (χ0n) is 15.0. The van der Waals surface area contributed by atoms with Crippen LogP contribution < -0.4 is 11.5 Å². The molecular formula is C19H38N4O4. The zero-order chi connectivity index (χ0) is 19.4. The molecule has 8 heteroatoms. The van der Waals surface area contributed by atoms with Crippen molar-refractivity contribution in [2.45, 2.75) is 69.9 Å². The molecule has 0 aliphatic rings. The van der Waals surface area contributed by atoms with E-state index in [9.17, 15) is 19.2 Å². The van der Waals surface area contributed by atoms with Gasteiger partial charge in [0.1, 0.15) is 11.5 Å².